The van der Waals surface area contributed by atoms with E-state index in [4.69, 9.17) is 0 Å². The second-order valence-corrected chi connectivity index (χ2v) is 6.90. The first-order valence-corrected chi connectivity index (χ1v) is 9.00. The van der Waals surface area contributed by atoms with Crippen LogP contribution in [0.15, 0.2) is 72.8 Å². The van der Waals surface area contributed by atoms with Gasteiger partial charge in [0.1, 0.15) is 0 Å². The number of allylic oxidation sites excluding steroid dienone is 2. The van der Waals surface area contributed by atoms with Crippen molar-refractivity contribution >= 4 is 29.1 Å². The van der Waals surface area contributed by atoms with E-state index in [2.05, 4.69) is 0 Å². The fraction of sp³-hybridized carbons (Fsp3) is 0.130. The quantitative estimate of drug-likeness (QED) is 0.598. The first-order valence-electron chi connectivity index (χ1n) is 9.00. The number of carbonyl (C=O) groups is 4. The van der Waals surface area contributed by atoms with E-state index >= 15 is 0 Å². The van der Waals surface area contributed by atoms with E-state index in [1.807, 2.05) is 36.4 Å². The molecule has 0 radical (unpaired) electrons. The molecule has 0 atom stereocenters. The van der Waals surface area contributed by atoms with E-state index in [1.54, 1.807) is 12.1 Å². The molecule has 0 bridgehead atoms. The average molecular weight is 371 g/mol. The van der Waals surface area contributed by atoms with Gasteiger partial charge < -0.3 is 0 Å². The van der Waals surface area contributed by atoms with Gasteiger partial charge in [0.15, 0.2) is 11.6 Å². The minimum absolute atomic E-state index is 0.126. The van der Waals surface area contributed by atoms with Crippen LogP contribution in [0.3, 0.4) is 0 Å². The molecule has 5 heteroatoms. The van der Waals surface area contributed by atoms with E-state index in [9.17, 15) is 19.2 Å². The summed E-state index contributed by atoms with van der Waals surface area (Å²) < 4.78 is 0. The standard InChI is InChI=1S/C23H17NO4/c25-20-9-10-21(26)19(20)14-17-3-1-15(2-4-17)13-16-5-7-18(8-6-16)24-22(27)11-12-23(24)28/h1-12,19H,13-14H2. The van der Waals surface area contributed by atoms with E-state index in [1.165, 1.54) is 24.3 Å². The van der Waals surface area contributed by atoms with Gasteiger partial charge in [-0.25, -0.2) is 4.90 Å². The zero-order valence-electron chi connectivity index (χ0n) is 15.0. The van der Waals surface area contributed by atoms with Crippen LogP contribution < -0.4 is 4.90 Å². The molecule has 1 aliphatic carbocycles. The van der Waals surface area contributed by atoms with Crippen molar-refractivity contribution in [2.45, 2.75) is 12.8 Å². The number of amides is 2. The van der Waals surface area contributed by atoms with Gasteiger partial charge in [-0.3, -0.25) is 19.2 Å². The van der Waals surface area contributed by atoms with Crippen LogP contribution in [0, 0.1) is 5.92 Å². The van der Waals surface area contributed by atoms with E-state index in [-0.39, 0.29) is 23.4 Å². The molecule has 0 aromatic heterocycles. The van der Waals surface area contributed by atoms with Crippen molar-refractivity contribution < 1.29 is 19.2 Å². The van der Waals surface area contributed by atoms with Crippen LogP contribution in [0.4, 0.5) is 5.69 Å². The number of anilines is 1. The van der Waals surface area contributed by atoms with Crippen LogP contribution in [0.2, 0.25) is 0 Å². The molecule has 0 spiro atoms. The molecule has 0 saturated heterocycles. The molecule has 28 heavy (non-hydrogen) atoms. The SMILES string of the molecule is O=C1C=CC(=O)C1Cc1ccc(Cc2ccc(N3C(=O)C=CC3=O)cc2)cc1. The lowest BCUT2D eigenvalue weighted by atomic mass is 9.94. The highest BCUT2D eigenvalue weighted by atomic mass is 16.2. The summed E-state index contributed by atoms with van der Waals surface area (Å²) in [6, 6.07) is 15.2. The molecule has 138 valence electrons. The molecule has 2 amide bonds. The summed E-state index contributed by atoms with van der Waals surface area (Å²) in [4.78, 5) is 48.0. The van der Waals surface area contributed by atoms with E-state index < -0.39 is 5.92 Å². The largest absolute Gasteiger partial charge is 0.294 e. The Labute approximate surface area is 162 Å². The normalized spacial score (nSPS) is 16.6. The third-order valence-corrected chi connectivity index (χ3v) is 4.97. The first kappa shape index (κ1) is 17.8. The smallest absolute Gasteiger partial charge is 0.258 e. The Hall–Kier alpha value is -3.60. The van der Waals surface area contributed by atoms with Gasteiger partial charge in [0.25, 0.3) is 11.8 Å². The van der Waals surface area contributed by atoms with Crippen molar-refractivity contribution in [2.75, 3.05) is 4.90 Å². The monoisotopic (exact) mass is 371 g/mol. The zero-order chi connectivity index (χ0) is 19.7. The maximum absolute atomic E-state index is 11.7. The summed E-state index contributed by atoms with van der Waals surface area (Å²) in [5.41, 5.74) is 3.65. The molecule has 2 aromatic rings. The lowest BCUT2D eigenvalue weighted by Crippen LogP contribution is -2.29. The Morgan fingerprint density at radius 1 is 0.607 bits per heavy atom. The lowest BCUT2D eigenvalue weighted by Gasteiger charge is -2.14. The van der Waals surface area contributed by atoms with Gasteiger partial charge in [0.05, 0.1) is 11.6 Å². The van der Waals surface area contributed by atoms with Crippen molar-refractivity contribution in [3.63, 3.8) is 0 Å². The van der Waals surface area contributed by atoms with Crippen LogP contribution in [0.25, 0.3) is 0 Å². The highest BCUT2D eigenvalue weighted by Crippen LogP contribution is 2.22. The first-order chi connectivity index (χ1) is 13.5. The lowest BCUT2D eigenvalue weighted by molar-refractivity contribution is -0.126. The Morgan fingerprint density at radius 2 is 1.07 bits per heavy atom. The Kier molecular flexibility index (Phi) is 4.57. The van der Waals surface area contributed by atoms with Gasteiger partial charge in [-0.1, -0.05) is 36.4 Å². The number of imide groups is 1. The van der Waals surface area contributed by atoms with Crippen LogP contribution in [0.1, 0.15) is 16.7 Å². The number of carbonyl (C=O) groups excluding carboxylic acids is 4. The molecule has 1 aliphatic heterocycles. The fourth-order valence-corrected chi connectivity index (χ4v) is 3.42. The fourth-order valence-electron chi connectivity index (χ4n) is 3.42. The van der Waals surface area contributed by atoms with E-state index in [0.29, 0.717) is 18.5 Å². The van der Waals surface area contributed by atoms with Crippen molar-refractivity contribution in [3.05, 3.63) is 89.5 Å². The van der Waals surface area contributed by atoms with Crippen molar-refractivity contribution in [1.29, 1.82) is 0 Å². The predicted molar refractivity (Wildman–Crippen MR) is 104 cm³/mol. The Bertz CT molecular complexity index is 993. The summed E-state index contributed by atoms with van der Waals surface area (Å²) in [6.45, 7) is 0. The molecule has 0 unspecified atom stereocenters. The molecular weight excluding hydrogens is 354 g/mol. The highest BCUT2D eigenvalue weighted by Gasteiger charge is 2.28. The third kappa shape index (κ3) is 3.47. The van der Waals surface area contributed by atoms with Crippen LogP contribution >= 0.6 is 0 Å². The average Bonchev–Trinajstić information content (AvgIpc) is 3.19. The summed E-state index contributed by atoms with van der Waals surface area (Å²) in [7, 11) is 0. The second-order valence-electron chi connectivity index (χ2n) is 6.90. The van der Waals surface area contributed by atoms with E-state index in [0.717, 1.165) is 21.6 Å². The minimum atomic E-state index is -0.580. The van der Waals surface area contributed by atoms with Gasteiger partial charge in [-0.2, -0.15) is 0 Å². The topological polar surface area (TPSA) is 71.5 Å². The predicted octanol–water partition coefficient (Wildman–Crippen LogP) is 2.57. The van der Waals surface area contributed by atoms with Gasteiger partial charge in [-0.05, 0) is 53.8 Å². The van der Waals surface area contributed by atoms with Crippen molar-refractivity contribution in [3.8, 4) is 0 Å². The molecule has 0 saturated carbocycles. The molecule has 1 heterocycles. The number of ketones is 2. The number of rotatable bonds is 5. The molecule has 5 nitrogen and oxygen atoms in total. The number of nitrogens with zero attached hydrogens (tertiary/aromatic N) is 1. The van der Waals surface area contributed by atoms with Gasteiger partial charge >= 0.3 is 0 Å². The maximum Gasteiger partial charge on any atom is 0.258 e. The third-order valence-electron chi connectivity index (χ3n) is 4.97. The molecule has 2 aromatic carbocycles. The summed E-state index contributed by atoms with van der Waals surface area (Å²) in [5.74, 6) is -1.49. The summed E-state index contributed by atoms with van der Waals surface area (Å²) in [5, 5.41) is 0. The Balaban J connectivity index is 1.40. The van der Waals surface area contributed by atoms with Crippen LogP contribution in [-0.4, -0.2) is 23.4 Å². The summed E-state index contributed by atoms with van der Waals surface area (Å²) >= 11 is 0. The maximum atomic E-state index is 11.7. The van der Waals surface area contributed by atoms with Gasteiger partial charge in [0.2, 0.25) is 0 Å². The molecule has 0 N–H and O–H groups in total. The zero-order valence-corrected chi connectivity index (χ0v) is 15.0. The highest BCUT2D eigenvalue weighted by molar-refractivity contribution is 6.28. The number of benzene rings is 2. The van der Waals surface area contributed by atoms with Crippen molar-refractivity contribution in [1.82, 2.24) is 0 Å². The van der Waals surface area contributed by atoms with Gasteiger partial charge in [-0.15, -0.1) is 0 Å². The van der Waals surface area contributed by atoms with Crippen molar-refractivity contribution in [2.24, 2.45) is 5.92 Å². The Morgan fingerprint density at radius 3 is 1.61 bits per heavy atom. The molecular formula is C23H17NO4. The number of hydrogen-bond acceptors (Lipinski definition) is 4. The van der Waals surface area contributed by atoms with Crippen LogP contribution in [0.5, 0.6) is 0 Å². The molecule has 0 fully saturated rings. The van der Waals surface area contributed by atoms with Crippen LogP contribution in [-0.2, 0) is 32.0 Å². The minimum Gasteiger partial charge on any atom is -0.294 e. The second kappa shape index (κ2) is 7.19. The molecule has 4 rings (SSSR count). The van der Waals surface area contributed by atoms with Gasteiger partial charge in [0, 0.05) is 12.2 Å². The molecule has 2 aliphatic rings. The number of hydrogen-bond donors (Lipinski definition) is 0. The summed E-state index contributed by atoms with van der Waals surface area (Å²) in [6.07, 6.45) is 6.35.